The van der Waals surface area contributed by atoms with E-state index in [1.807, 2.05) is 5.38 Å². The molecule has 0 aliphatic heterocycles. The molecule has 1 rings (SSSR count). The molecule has 0 unspecified atom stereocenters. The summed E-state index contributed by atoms with van der Waals surface area (Å²) in [4.78, 5) is 28.0. The zero-order valence-corrected chi connectivity index (χ0v) is 11.0. The highest BCUT2D eigenvalue weighted by Crippen LogP contribution is 2.10. The Balaban J connectivity index is 2.53. The molecule has 0 aliphatic rings. The number of hydrogen-bond acceptors (Lipinski definition) is 5. The molecular formula is C11H16N2O4S. The van der Waals surface area contributed by atoms with E-state index in [0.29, 0.717) is 19.7 Å². The maximum atomic E-state index is 11.9. The molecule has 1 aromatic heterocycles. The summed E-state index contributed by atoms with van der Waals surface area (Å²) in [6.45, 7) is 1.26. The summed E-state index contributed by atoms with van der Waals surface area (Å²) in [5.41, 5.74) is 0. The Morgan fingerprint density at radius 1 is 1.50 bits per heavy atom. The van der Waals surface area contributed by atoms with E-state index in [-0.39, 0.29) is 18.7 Å². The van der Waals surface area contributed by atoms with Gasteiger partial charge >= 0.3 is 5.97 Å². The molecule has 0 bridgehead atoms. The van der Waals surface area contributed by atoms with E-state index in [0.717, 1.165) is 5.01 Å². The minimum atomic E-state index is -0.968. The second kappa shape index (κ2) is 7.78. The first-order chi connectivity index (χ1) is 8.63. The zero-order valence-electron chi connectivity index (χ0n) is 10.2. The fourth-order valence-corrected chi connectivity index (χ4v) is 1.99. The van der Waals surface area contributed by atoms with Crippen LogP contribution in [0.25, 0.3) is 0 Å². The number of hydrogen-bond donors (Lipinski definition) is 1. The standard InChI is InChI=1S/C11H16N2O4S/c1-17-6-5-13(8-9-12-4-7-18-9)10(14)2-3-11(15)16/h4,7H,2-3,5-6,8H2,1H3,(H,15,16). The lowest BCUT2D eigenvalue weighted by Crippen LogP contribution is -2.33. The van der Waals surface area contributed by atoms with Crippen molar-refractivity contribution in [1.29, 1.82) is 0 Å². The fourth-order valence-electron chi connectivity index (χ4n) is 1.36. The Bertz CT molecular complexity index is 380. The number of methoxy groups -OCH3 is 1. The average Bonchev–Trinajstić information content (AvgIpc) is 2.84. The van der Waals surface area contributed by atoms with Gasteiger partial charge in [0.05, 0.1) is 19.6 Å². The summed E-state index contributed by atoms with van der Waals surface area (Å²) < 4.78 is 4.94. The molecule has 0 aliphatic carbocycles. The molecule has 1 aromatic rings. The van der Waals surface area contributed by atoms with Crippen molar-refractivity contribution in [2.75, 3.05) is 20.3 Å². The largest absolute Gasteiger partial charge is 0.481 e. The quantitative estimate of drug-likeness (QED) is 0.763. The van der Waals surface area contributed by atoms with Gasteiger partial charge in [0, 0.05) is 31.7 Å². The highest BCUT2D eigenvalue weighted by Gasteiger charge is 2.16. The molecule has 0 saturated heterocycles. The Morgan fingerprint density at radius 3 is 2.83 bits per heavy atom. The third-order valence-electron chi connectivity index (χ3n) is 2.28. The molecule has 0 atom stereocenters. The maximum absolute atomic E-state index is 11.9. The van der Waals surface area contributed by atoms with Crippen LogP contribution in [0.5, 0.6) is 0 Å². The minimum absolute atomic E-state index is 0.00439. The van der Waals surface area contributed by atoms with Gasteiger partial charge in [-0.05, 0) is 0 Å². The van der Waals surface area contributed by atoms with Gasteiger partial charge in [-0.2, -0.15) is 0 Å². The van der Waals surface area contributed by atoms with Gasteiger partial charge in [0.15, 0.2) is 0 Å². The lowest BCUT2D eigenvalue weighted by molar-refractivity contribution is -0.141. The predicted octanol–water partition coefficient (Wildman–Crippen LogP) is 0.983. The van der Waals surface area contributed by atoms with E-state index in [2.05, 4.69) is 4.98 Å². The summed E-state index contributed by atoms with van der Waals surface area (Å²) in [6.07, 6.45) is 1.53. The number of amides is 1. The van der Waals surface area contributed by atoms with Crippen LogP contribution < -0.4 is 0 Å². The summed E-state index contributed by atoms with van der Waals surface area (Å²) in [6, 6.07) is 0. The van der Waals surface area contributed by atoms with Crippen LogP contribution in [0.3, 0.4) is 0 Å². The van der Waals surface area contributed by atoms with E-state index in [9.17, 15) is 9.59 Å². The number of nitrogens with zero attached hydrogens (tertiary/aromatic N) is 2. The van der Waals surface area contributed by atoms with Gasteiger partial charge in [-0.1, -0.05) is 0 Å². The van der Waals surface area contributed by atoms with Crippen molar-refractivity contribution >= 4 is 23.2 Å². The Labute approximate surface area is 109 Å². The number of ether oxygens (including phenoxy) is 1. The van der Waals surface area contributed by atoms with E-state index in [1.165, 1.54) is 11.3 Å². The van der Waals surface area contributed by atoms with Gasteiger partial charge in [0.25, 0.3) is 0 Å². The second-order valence-corrected chi connectivity index (χ2v) is 4.61. The molecule has 0 saturated carbocycles. The molecule has 100 valence electrons. The van der Waals surface area contributed by atoms with Crippen LogP contribution in [0, 0.1) is 0 Å². The van der Waals surface area contributed by atoms with Crippen LogP contribution in [-0.2, 0) is 20.9 Å². The van der Waals surface area contributed by atoms with Crippen molar-refractivity contribution in [2.45, 2.75) is 19.4 Å². The number of thiazole rings is 1. The highest BCUT2D eigenvalue weighted by molar-refractivity contribution is 7.09. The summed E-state index contributed by atoms with van der Waals surface area (Å²) in [5.74, 6) is -1.16. The molecule has 6 nitrogen and oxygen atoms in total. The summed E-state index contributed by atoms with van der Waals surface area (Å²) in [7, 11) is 1.56. The number of carboxylic acid groups (broad SMARTS) is 1. The number of carbonyl (C=O) groups is 2. The first-order valence-corrected chi connectivity index (χ1v) is 6.38. The average molecular weight is 272 g/mol. The van der Waals surface area contributed by atoms with Crippen molar-refractivity contribution < 1.29 is 19.4 Å². The summed E-state index contributed by atoms with van der Waals surface area (Å²) in [5, 5.41) is 11.2. The van der Waals surface area contributed by atoms with E-state index >= 15 is 0 Å². The first kappa shape index (κ1) is 14.6. The van der Waals surface area contributed by atoms with Gasteiger partial charge < -0.3 is 14.7 Å². The van der Waals surface area contributed by atoms with Crippen LogP contribution in [0.1, 0.15) is 17.8 Å². The number of aromatic nitrogens is 1. The normalized spacial score (nSPS) is 10.3. The molecule has 1 heterocycles. The van der Waals surface area contributed by atoms with Gasteiger partial charge in [-0.25, -0.2) is 4.98 Å². The number of carbonyl (C=O) groups excluding carboxylic acids is 1. The van der Waals surface area contributed by atoms with E-state index < -0.39 is 5.97 Å². The topological polar surface area (TPSA) is 79.7 Å². The number of carboxylic acids is 1. The molecule has 1 N–H and O–H groups in total. The maximum Gasteiger partial charge on any atom is 0.303 e. The molecule has 7 heteroatoms. The van der Waals surface area contributed by atoms with Crippen molar-refractivity contribution in [3.8, 4) is 0 Å². The van der Waals surface area contributed by atoms with Crippen molar-refractivity contribution in [2.24, 2.45) is 0 Å². The third-order valence-corrected chi connectivity index (χ3v) is 3.04. The van der Waals surface area contributed by atoms with Crippen LogP contribution in [0.4, 0.5) is 0 Å². The molecule has 0 radical (unpaired) electrons. The van der Waals surface area contributed by atoms with Crippen LogP contribution in [0.15, 0.2) is 11.6 Å². The fraction of sp³-hybridized carbons (Fsp3) is 0.545. The number of rotatable bonds is 8. The minimum Gasteiger partial charge on any atom is -0.481 e. The smallest absolute Gasteiger partial charge is 0.303 e. The molecule has 18 heavy (non-hydrogen) atoms. The SMILES string of the molecule is COCCN(Cc1nccs1)C(=O)CCC(=O)O. The van der Waals surface area contributed by atoms with E-state index in [4.69, 9.17) is 9.84 Å². The molecule has 0 aromatic carbocycles. The van der Waals surface area contributed by atoms with Crippen LogP contribution >= 0.6 is 11.3 Å². The molecule has 1 amide bonds. The van der Waals surface area contributed by atoms with Crippen LogP contribution in [-0.4, -0.2) is 47.1 Å². The zero-order chi connectivity index (χ0) is 13.4. The molecule has 0 fully saturated rings. The first-order valence-electron chi connectivity index (χ1n) is 5.50. The van der Waals surface area contributed by atoms with Gasteiger partial charge in [-0.15, -0.1) is 11.3 Å². The van der Waals surface area contributed by atoms with Crippen molar-refractivity contribution in [1.82, 2.24) is 9.88 Å². The van der Waals surface area contributed by atoms with Gasteiger partial charge in [-0.3, -0.25) is 9.59 Å². The lowest BCUT2D eigenvalue weighted by Gasteiger charge is -2.20. The van der Waals surface area contributed by atoms with E-state index in [1.54, 1.807) is 18.2 Å². The summed E-state index contributed by atoms with van der Waals surface area (Å²) >= 11 is 1.46. The molecule has 0 spiro atoms. The number of aliphatic carboxylic acids is 1. The Morgan fingerprint density at radius 2 is 2.28 bits per heavy atom. The van der Waals surface area contributed by atoms with Gasteiger partial charge in [0.2, 0.25) is 5.91 Å². The van der Waals surface area contributed by atoms with Gasteiger partial charge in [0.1, 0.15) is 5.01 Å². The Hall–Kier alpha value is -1.47. The molecular weight excluding hydrogens is 256 g/mol. The van der Waals surface area contributed by atoms with Crippen LogP contribution in [0.2, 0.25) is 0 Å². The Kier molecular flexibility index (Phi) is 6.31. The lowest BCUT2D eigenvalue weighted by atomic mass is 10.2. The predicted molar refractivity (Wildman–Crippen MR) is 66.3 cm³/mol. The second-order valence-electron chi connectivity index (χ2n) is 3.63. The highest BCUT2D eigenvalue weighted by atomic mass is 32.1. The third kappa shape index (κ3) is 5.24. The monoisotopic (exact) mass is 272 g/mol. The van der Waals surface area contributed by atoms with Crippen molar-refractivity contribution in [3.05, 3.63) is 16.6 Å². The van der Waals surface area contributed by atoms with Crippen molar-refractivity contribution in [3.63, 3.8) is 0 Å².